The van der Waals surface area contributed by atoms with Gasteiger partial charge < -0.3 is 10.4 Å². The molecule has 0 bridgehead atoms. The van der Waals surface area contributed by atoms with Gasteiger partial charge >= 0.3 is 0 Å². The van der Waals surface area contributed by atoms with Gasteiger partial charge in [0.25, 0.3) is 5.91 Å². The Morgan fingerprint density at radius 2 is 1.67 bits per heavy atom. The molecule has 4 heteroatoms. The van der Waals surface area contributed by atoms with Crippen LogP contribution < -0.4 is 5.32 Å². The number of aryl methyl sites for hydroxylation is 4. The molecule has 2 N–H and O–H groups in total. The van der Waals surface area contributed by atoms with Crippen LogP contribution in [-0.2, 0) is 10.4 Å². The Bertz CT molecular complexity index is 846. The maximum atomic E-state index is 12.9. The lowest BCUT2D eigenvalue weighted by Crippen LogP contribution is -2.36. The summed E-state index contributed by atoms with van der Waals surface area (Å²) in [5, 5.41) is 13.6. The number of anilines is 1. The van der Waals surface area contributed by atoms with E-state index in [0.29, 0.717) is 16.8 Å². The second-order valence-electron chi connectivity index (χ2n) is 6.74. The van der Waals surface area contributed by atoms with Crippen molar-refractivity contribution in [3.8, 4) is 0 Å². The number of hydrogen-bond acceptors (Lipinski definition) is 3. The predicted octanol–water partition coefficient (Wildman–Crippen LogP) is 3.33. The molecule has 0 fully saturated rings. The highest BCUT2D eigenvalue weighted by atomic mass is 16.3. The van der Waals surface area contributed by atoms with Crippen molar-refractivity contribution in [3.63, 3.8) is 0 Å². The smallest absolute Gasteiger partial charge is 0.261 e. The van der Waals surface area contributed by atoms with Crippen molar-refractivity contribution in [2.24, 2.45) is 0 Å². The van der Waals surface area contributed by atoms with E-state index in [1.54, 1.807) is 12.1 Å². The van der Waals surface area contributed by atoms with Gasteiger partial charge in [0.15, 0.2) is 11.4 Å². The number of fused-ring (bicyclic) bond motifs is 1. The first-order chi connectivity index (χ1) is 11.2. The van der Waals surface area contributed by atoms with Gasteiger partial charge in [-0.25, -0.2) is 0 Å². The van der Waals surface area contributed by atoms with E-state index in [1.807, 2.05) is 45.9 Å². The molecule has 1 heterocycles. The highest BCUT2D eigenvalue weighted by Crippen LogP contribution is 2.40. The highest BCUT2D eigenvalue weighted by Gasteiger charge is 2.47. The van der Waals surface area contributed by atoms with Crippen LogP contribution in [0.2, 0.25) is 0 Å². The van der Waals surface area contributed by atoms with Crippen LogP contribution in [0, 0.1) is 27.7 Å². The predicted molar refractivity (Wildman–Crippen MR) is 93.3 cm³/mol. The summed E-state index contributed by atoms with van der Waals surface area (Å²) in [4.78, 5) is 25.2. The minimum absolute atomic E-state index is 0.225. The zero-order valence-electron chi connectivity index (χ0n) is 14.4. The lowest BCUT2D eigenvalue weighted by atomic mass is 9.85. The normalized spacial score (nSPS) is 19.1. The number of benzene rings is 2. The summed E-state index contributed by atoms with van der Waals surface area (Å²) in [5.41, 5.74) is 3.55. The molecule has 4 nitrogen and oxygen atoms in total. The molecule has 2 aromatic rings. The summed E-state index contributed by atoms with van der Waals surface area (Å²) in [6, 6.07) is 9.26. The van der Waals surface area contributed by atoms with Gasteiger partial charge in [0.1, 0.15) is 0 Å². The molecular formula is C20H21NO3. The Hall–Kier alpha value is -2.46. The van der Waals surface area contributed by atoms with Gasteiger partial charge in [0.2, 0.25) is 0 Å². The van der Waals surface area contributed by atoms with Crippen LogP contribution >= 0.6 is 0 Å². The fraction of sp³-hybridized carbons (Fsp3) is 0.300. The molecule has 1 amide bonds. The van der Waals surface area contributed by atoms with E-state index in [0.717, 1.165) is 22.3 Å². The quantitative estimate of drug-likeness (QED) is 0.852. The van der Waals surface area contributed by atoms with Crippen molar-refractivity contribution in [1.82, 2.24) is 0 Å². The van der Waals surface area contributed by atoms with Crippen LogP contribution in [0.4, 0.5) is 5.69 Å². The van der Waals surface area contributed by atoms with E-state index in [9.17, 15) is 14.7 Å². The van der Waals surface area contributed by atoms with Crippen LogP contribution in [-0.4, -0.2) is 16.8 Å². The van der Waals surface area contributed by atoms with Crippen LogP contribution in [0.25, 0.3) is 0 Å². The van der Waals surface area contributed by atoms with Crippen LogP contribution in [0.1, 0.15) is 44.6 Å². The van der Waals surface area contributed by atoms with Gasteiger partial charge in [0.05, 0.1) is 6.42 Å². The van der Waals surface area contributed by atoms with Crippen molar-refractivity contribution in [2.75, 3.05) is 5.32 Å². The Kier molecular flexibility index (Phi) is 3.80. The third-order valence-corrected chi connectivity index (χ3v) is 4.62. The molecule has 0 aliphatic carbocycles. The standard InChI is InChI=1S/C20H21NO3/c1-11-5-6-16-15(9-11)20(24,19(23)21-16)10-17(22)18-13(3)7-12(2)8-14(18)4/h5-9,24H,10H2,1-4H3,(H,21,23). The minimum Gasteiger partial charge on any atom is -0.375 e. The molecule has 0 saturated carbocycles. The first kappa shape index (κ1) is 16.4. The van der Waals surface area contributed by atoms with Crippen molar-refractivity contribution in [2.45, 2.75) is 39.7 Å². The van der Waals surface area contributed by atoms with Crippen LogP contribution in [0.3, 0.4) is 0 Å². The number of rotatable bonds is 3. The first-order valence-electron chi connectivity index (χ1n) is 7.98. The van der Waals surface area contributed by atoms with Gasteiger partial charge in [-0.1, -0.05) is 35.4 Å². The van der Waals surface area contributed by atoms with Crippen molar-refractivity contribution in [3.05, 3.63) is 63.7 Å². The summed E-state index contributed by atoms with van der Waals surface area (Å²) < 4.78 is 0. The van der Waals surface area contributed by atoms with E-state index in [1.165, 1.54) is 0 Å². The third kappa shape index (κ3) is 2.53. The highest BCUT2D eigenvalue weighted by molar-refractivity contribution is 6.10. The van der Waals surface area contributed by atoms with Gasteiger partial charge in [-0.05, 0) is 44.9 Å². The molecule has 0 aromatic heterocycles. The largest absolute Gasteiger partial charge is 0.375 e. The molecule has 2 aromatic carbocycles. The van der Waals surface area contributed by atoms with Gasteiger partial charge in [-0.15, -0.1) is 0 Å². The number of carbonyl (C=O) groups excluding carboxylic acids is 2. The van der Waals surface area contributed by atoms with Crippen LogP contribution in [0.5, 0.6) is 0 Å². The number of nitrogens with one attached hydrogen (secondary N) is 1. The summed E-state index contributed by atoms with van der Waals surface area (Å²) in [6.07, 6.45) is -0.264. The summed E-state index contributed by atoms with van der Waals surface area (Å²) in [5.74, 6) is -0.768. The van der Waals surface area contributed by atoms with Gasteiger partial charge in [-0.3, -0.25) is 9.59 Å². The Morgan fingerprint density at radius 1 is 1.04 bits per heavy atom. The summed E-state index contributed by atoms with van der Waals surface area (Å²) in [7, 11) is 0. The molecule has 1 unspecified atom stereocenters. The SMILES string of the molecule is Cc1cc(C)c(C(=O)CC2(O)C(=O)Nc3ccc(C)cc32)c(C)c1. The Balaban J connectivity index is 2.01. The number of Topliss-reactive ketones (excluding diaryl/α,β-unsaturated/α-hetero) is 1. The summed E-state index contributed by atoms with van der Waals surface area (Å²) in [6.45, 7) is 7.62. The average molecular weight is 323 g/mol. The number of carbonyl (C=O) groups is 2. The van der Waals surface area contributed by atoms with Crippen LogP contribution in [0.15, 0.2) is 30.3 Å². The Morgan fingerprint density at radius 3 is 2.29 bits per heavy atom. The molecule has 3 rings (SSSR count). The van der Waals surface area contributed by atoms with E-state index < -0.39 is 11.5 Å². The number of hydrogen-bond donors (Lipinski definition) is 2. The maximum Gasteiger partial charge on any atom is 0.261 e. The molecule has 0 saturated heterocycles. The lowest BCUT2D eigenvalue weighted by Gasteiger charge is -2.21. The average Bonchev–Trinajstić information content (AvgIpc) is 2.69. The molecule has 1 aliphatic rings. The van der Waals surface area contributed by atoms with Crippen molar-refractivity contribution >= 4 is 17.4 Å². The summed E-state index contributed by atoms with van der Waals surface area (Å²) >= 11 is 0. The van der Waals surface area contributed by atoms with E-state index >= 15 is 0 Å². The molecule has 124 valence electrons. The number of amides is 1. The number of ketones is 1. The van der Waals surface area contributed by atoms with Gasteiger partial charge in [-0.2, -0.15) is 0 Å². The monoisotopic (exact) mass is 323 g/mol. The maximum absolute atomic E-state index is 12.9. The molecule has 0 spiro atoms. The van der Waals surface area contributed by atoms with Gasteiger partial charge in [0, 0.05) is 16.8 Å². The van der Waals surface area contributed by atoms with E-state index in [4.69, 9.17) is 0 Å². The second kappa shape index (κ2) is 5.56. The second-order valence-corrected chi connectivity index (χ2v) is 6.74. The Labute approximate surface area is 141 Å². The number of aliphatic hydroxyl groups is 1. The topological polar surface area (TPSA) is 66.4 Å². The fourth-order valence-corrected chi connectivity index (χ4v) is 3.57. The van der Waals surface area contributed by atoms with Crippen molar-refractivity contribution in [1.29, 1.82) is 0 Å². The molecule has 1 atom stereocenters. The molecule has 1 aliphatic heterocycles. The fourth-order valence-electron chi connectivity index (χ4n) is 3.57. The molecular weight excluding hydrogens is 302 g/mol. The van der Waals surface area contributed by atoms with E-state index in [-0.39, 0.29) is 12.2 Å². The van der Waals surface area contributed by atoms with E-state index in [2.05, 4.69) is 5.32 Å². The molecule has 24 heavy (non-hydrogen) atoms. The third-order valence-electron chi connectivity index (χ3n) is 4.62. The zero-order chi connectivity index (χ0) is 17.6. The molecule has 0 radical (unpaired) electrons. The van der Waals surface area contributed by atoms with Crippen molar-refractivity contribution < 1.29 is 14.7 Å². The minimum atomic E-state index is -1.82. The zero-order valence-corrected chi connectivity index (χ0v) is 14.4. The lowest BCUT2D eigenvalue weighted by molar-refractivity contribution is -0.133. The first-order valence-corrected chi connectivity index (χ1v) is 7.98.